The predicted molar refractivity (Wildman–Crippen MR) is 153 cm³/mol. The number of amides is 1. The Kier molecular flexibility index (Phi) is 9.23. The zero-order valence-electron chi connectivity index (χ0n) is 22.0. The van der Waals surface area contributed by atoms with E-state index in [1.54, 1.807) is 67.6 Å². The molecule has 0 unspecified atom stereocenters. The normalized spacial score (nSPS) is 14.1. The van der Waals surface area contributed by atoms with Crippen LogP contribution in [0.3, 0.4) is 0 Å². The van der Waals surface area contributed by atoms with Crippen molar-refractivity contribution in [2.75, 3.05) is 32.3 Å². The van der Waals surface area contributed by atoms with E-state index >= 15 is 0 Å². The van der Waals surface area contributed by atoms with Crippen LogP contribution in [0.5, 0.6) is 17.2 Å². The summed E-state index contributed by atoms with van der Waals surface area (Å²) < 4.78 is 35.7. The van der Waals surface area contributed by atoms with Gasteiger partial charge in [0.2, 0.25) is 0 Å². The van der Waals surface area contributed by atoms with Gasteiger partial charge in [0.05, 0.1) is 31.5 Å². The van der Waals surface area contributed by atoms with Gasteiger partial charge in [0.25, 0.3) is 5.91 Å². The minimum atomic E-state index is -0.581. The van der Waals surface area contributed by atoms with Crippen LogP contribution in [-0.2, 0) is 20.9 Å². The molecule has 0 aromatic heterocycles. The monoisotopic (exact) mass is 584 g/mol. The number of rotatable bonds is 10. The van der Waals surface area contributed by atoms with Crippen LogP contribution in [0.1, 0.15) is 18.1 Å². The van der Waals surface area contributed by atoms with Crippen molar-refractivity contribution in [1.29, 1.82) is 0 Å². The van der Waals surface area contributed by atoms with Gasteiger partial charge in [-0.1, -0.05) is 29.8 Å². The lowest BCUT2D eigenvalue weighted by atomic mass is 10.1. The molecule has 1 heterocycles. The number of anilines is 1. The predicted octanol–water partition coefficient (Wildman–Crippen LogP) is 5.61. The zero-order chi connectivity index (χ0) is 28.8. The molecule has 0 aliphatic carbocycles. The third-order valence-corrected chi connectivity index (χ3v) is 6.63. The number of ether oxygens (including phenoxy) is 4. The number of esters is 1. The Bertz CT molecular complexity index is 1460. The Morgan fingerprint density at radius 1 is 1.07 bits per heavy atom. The van der Waals surface area contributed by atoms with E-state index in [1.807, 2.05) is 0 Å². The number of hydrogen-bond donors (Lipinski definition) is 0. The molecule has 0 N–H and O–H groups in total. The summed E-state index contributed by atoms with van der Waals surface area (Å²) in [5.41, 5.74) is 1.47. The summed E-state index contributed by atoms with van der Waals surface area (Å²) in [6.45, 7) is 1.75. The number of hydrogen-bond acceptors (Lipinski definition) is 7. The molecule has 3 aromatic carbocycles. The molecule has 40 heavy (non-hydrogen) atoms. The summed E-state index contributed by atoms with van der Waals surface area (Å²) in [5, 5.41) is 0.293. The van der Waals surface area contributed by atoms with E-state index in [1.165, 1.54) is 30.1 Å². The maximum Gasteiger partial charge on any atom is 0.325 e. The highest BCUT2D eigenvalue weighted by molar-refractivity contribution is 7.80. The highest BCUT2D eigenvalue weighted by atomic mass is 35.5. The molecule has 0 spiro atoms. The zero-order valence-corrected chi connectivity index (χ0v) is 23.6. The van der Waals surface area contributed by atoms with Crippen molar-refractivity contribution in [3.8, 4) is 17.2 Å². The molecule has 8 nitrogen and oxygen atoms in total. The number of carbonyl (C=O) groups is 2. The van der Waals surface area contributed by atoms with Gasteiger partial charge in [-0.05, 0) is 73.2 Å². The quantitative estimate of drug-likeness (QED) is 0.173. The van der Waals surface area contributed by atoms with Crippen LogP contribution in [-0.4, -0.2) is 49.3 Å². The first kappa shape index (κ1) is 28.8. The van der Waals surface area contributed by atoms with Crippen LogP contribution in [0.4, 0.5) is 10.1 Å². The lowest BCUT2D eigenvalue weighted by Gasteiger charge is -2.19. The van der Waals surface area contributed by atoms with Gasteiger partial charge in [0.1, 0.15) is 30.4 Å². The Hall–Kier alpha value is -4.15. The van der Waals surface area contributed by atoms with Gasteiger partial charge in [0.15, 0.2) is 16.6 Å². The van der Waals surface area contributed by atoms with Crippen LogP contribution < -0.4 is 19.1 Å². The van der Waals surface area contributed by atoms with Crippen molar-refractivity contribution in [2.24, 2.45) is 0 Å². The second-order valence-electron chi connectivity index (χ2n) is 8.46. The topological polar surface area (TPSA) is 77.5 Å². The summed E-state index contributed by atoms with van der Waals surface area (Å²) in [5.74, 6) is -0.290. The van der Waals surface area contributed by atoms with Crippen LogP contribution in [0.2, 0.25) is 5.02 Å². The highest BCUT2D eigenvalue weighted by Crippen LogP contribution is 2.39. The standard InChI is InChI=1S/C29H26ClFN2O6S/c1-4-38-25-15-18(13-22(30)27(25)39-17-19-7-5-6-8-23(19)31)14-24-28(35)33(20-9-11-21(36-2)12-10-20)29(40)32(24)16-26(34)37-3/h5-15H,4,16-17H2,1-3H3/b24-14-. The molecule has 11 heteroatoms. The maximum absolute atomic E-state index is 14.1. The van der Waals surface area contributed by atoms with Crippen molar-refractivity contribution in [1.82, 2.24) is 4.90 Å². The molecule has 0 saturated carbocycles. The molecule has 1 saturated heterocycles. The SMILES string of the molecule is CCOc1cc(/C=C2/C(=O)N(c3ccc(OC)cc3)C(=S)N2CC(=O)OC)cc(Cl)c1OCc1ccccc1F. The van der Waals surface area contributed by atoms with Gasteiger partial charge in [-0.15, -0.1) is 0 Å². The number of thiocarbonyl (C=S) groups is 1. The van der Waals surface area contributed by atoms with E-state index < -0.39 is 17.7 Å². The fourth-order valence-corrected chi connectivity index (χ4v) is 4.61. The van der Waals surface area contributed by atoms with Gasteiger partial charge in [-0.3, -0.25) is 14.5 Å². The molecular formula is C29H26ClFN2O6S. The number of nitrogens with zero attached hydrogens (tertiary/aromatic N) is 2. The molecule has 1 amide bonds. The highest BCUT2D eigenvalue weighted by Gasteiger charge is 2.40. The van der Waals surface area contributed by atoms with Crippen LogP contribution in [0.15, 0.2) is 66.4 Å². The Balaban J connectivity index is 1.71. The van der Waals surface area contributed by atoms with Crippen molar-refractivity contribution in [2.45, 2.75) is 13.5 Å². The van der Waals surface area contributed by atoms with E-state index in [0.717, 1.165) is 0 Å². The smallest absolute Gasteiger partial charge is 0.325 e. The molecule has 1 fully saturated rings. The van der Waals surface area contributed by atoms with Gasteiger partial charge in [0, 0.05) is 5.56 Å². The van der Waals surface area contributed by atoms with E-state index in [0.29, 0.717) is 34.9 Å². The van der Waals surface area contributed by atoms with Crippen LogP contribution in [0, 0.1) is 5.82 Å². The lowest BCUT2D eigenvalue weighted by Crippen LogP contribution is -2.35. The number of benzene rings is 3. The van der Waals surface area contributed by atoms with E-state index in [9.17, 15) is 14.0 Å². The largest absolute Gasteiger partial charge is 0.497 e. The molecule has 0 bridgehead atoms. The first-order chi connectivity index (χ1) is 19.3. The molecule has 0 atom stereocenters. The third kappa shape index (κ3) is 6.19. The van der Waals surface area contributed by atoms with Crippen molar-refractivity contribution in [3.63, 3.8) is 0 Å². The van der Waals surface area contributed by atoms with E-state index in [-0.39, 0.29) is 34.7 Å². The number of methoxy groups -OCH3 is 2. The summed E-state index contributed by atoms with van der Waals surface area (Å²) in [7, 11) is 2.79. The van der Waals surface area contributed by atoms with Gasteiger partial charge in [-0.2, -0.15) is 0 Å². The molecule has 3 aromatic rings. The minimum Gasteiger partial charge on any atom is -0.497 e. The second-order valence-corrected chi connectivity index (χ2v) is 9.23. The Morgan fingerprint density at radius 2 is 1.80 bits per heavy atom. The van der Waals surface area contributed by atoms with Gasteiger partial charge < -0.3 is 23.8 Å². The van der Waals surface area contributed by atoms with Crippen molar-refractivity contribution < 1.29 is 32.9 Å². The molecule has 4 rings (SSSR count). The molecule has 208 valence electrons. The van der Waals surface area contributed by atoms with Crippen molar-refractivity contribution in [3.05, 3.63) is 88.3 Å². The first-order valence-electron chi connectivity index (χ1n) is 12.2. The molecular weight excluding hydrogens is 559 g/mol. The number of carbonyl (C=O) groups excluding carboxylic acids is 2. The second kappa shape index (κ2) is 12.8. The van der Waals surface area contributed by atoms with Gasteiger partial charge >= 0.3 is 5.97 Å². The average molecular weight is 585 g/mol. The molecule has 0 radical (unpaired) electrons. The molecule has 1 aliphatic rings. The number of halogens is 2. The minimum absolute atomic E-state index is 0.0661. The summed E-state index contributed by atoms with van der Waals surface area (Å²) in [4.78, 5) is 28.6. The summed E-state index contributed by atoms with van der Waals surface area (Å²) >= 11 is 12.2. The van der Waals surface area contributed by atoms with Crippen LogP contribution >= 0.6 is 23.8 Å². The summed E-state index contributed by atoms with van der Waals surface area (Å²) in [6, 6.07) is 16.3. The maximum atomic E-state index is 14.1. The molecule has 1 aliphatic heterocycles. The first-order valence-corrected chi connectivity index (χ1v) is 13.0. The fraction of sp³-hybridized carbons (Fsp3) is 0.207. The fourth-order valence-electron chi connectivity index (χ4n) is 3.98. The average Bonchev–Trinajstić information content (AvgIpc) is 3.17. The van der Waals surface area contributed by atoms with E-state index in [2.05, 4.69) is 0 Å². The summed E-state index contributed by atoms with van der Waals surface area (Å²) in [6.07, 6.45) is 1.55. The van der Waals surface area contributed by atoms with Crippen molar-refractivity contribution >= 4 is 52.6 Å². The Morgan fingerprint density at radius 3 is 2.45 bits per heavy atom. The van der Waals surface area contributed by atoms with Gasteiger partial charge in [-0.25, -0.2) is 4.39 Å². The lowest BCUT2D eigenvalue weighted by molar-refractivity contribution is -0.140. The van der Waals surface area contributed by atoms with Crippen LogP contribution in [0.25, 0.3) is 6.08 Å². The Labute approximate surface area is 241 Å². The third-order valence-electron chi connectivity index (χ3n) is 5.95. The van der Waals surface area contributed by atoms with E-state index in [4.69, 9.17) is 42.8 Å².